The molecule has 0 fully saturated rings. The molecule has 1 aromatic carbocycles. The number of fused-ring (bicyclic) bond motifs is 1. The highest BCUT2D eigenvalue weighted by Gasteiger charge is 2.20. The Bertz CT molecular complexity index is 455. The summed E-state index contributed by atoms with van der Waals surface area (Å²) in [5.41, 5.74) is 2.56. The van der Waals surface area contributed by atoms with Crippen molar-refractivity contribution in [3.8, 4) is 0 Å². The van der Waals surface area contributed by atoms with Gasteiger partial charge >= 0.3 is 0 Å². The zero-order valence-electron chi connectivity index (χ0n) is 10.9. The Morgan fingerprint density at radius 1 is 1.44 bits per heavy atom. The van der Waals surface area contributed by atoms with Gasteiger partial charge in [0.05, 0.1) is 12.1 Å². The average Bonchev–Trinajstić information content (AvgIpc) is 2.37. The maximum Gasteiger partial charge on any atom is 0.251 e. The van der Waals surface area contributed by atoms with E-state index in [1.165, 1.54) is 11.1 Å². The molecule has 0 saturated carbocycles. The topological polar surface area (TPSA) is 61.4 Å². The van der Waals surface area contributed by atoms with Crippen LogP contribution < -0.4 is 10.6 Å². The largest absolute Gasteiger partial charge is 0.394 e. The highest BCUT2D eigenvalue weighted by atomic mass is 16.3. The number of aliphatic hydroxyl groups excluding tert-OH is 1. The van der Waals surface area contributed by atoms with Crippen molar-refractivity contribution in [2.45, 2.75) is 32.4 Å². The lowest BCUT2D eigenvalue weighted by atomic mass is 9.97. The lowest BCUT2D eigenvalue weighted by Gasteiger charge is -2.24. The Balaban J connectivity index is 2.16. The Labute approximate surface area is 107 Å². The van der Waals surface area contributed by atoms with Crippen LogP contribution in [-0.4, -0.2) is 29.7 Å². The molecule has 18 heavy (non-hydrogen) atoms. The zero-order valence-corrected chi connectivity index (χ0v) is 10.9. The number of rotatable bonds is 3. The molecule has 0 bridgehead atoms. The maximum atomic E-state index is 12.1. The van der Waals surface area contributed by atoms with Crippen LogP contribution in [0.3, 0.4) is 0 Å². The fourth-order valence-corrected chi connectivity index (χ4v) is 2.04. The summed E-state index contributed by atoms with van der Waals surface area (Å²) < 4.78 is 0. The number of aliphatic hydroxyl groups is 1. The van der Waals surface area contributed by atoms with Crippen molar-refractivity contribution in [3.05, 3.63) is 34.9 Å². The molecule has 4 heteroatoms. The molecular weight excluding hydrogens is 228 g/mol. The Hall–Kier alpha value is -1.39. The standard InChI is InChI=1S/C14H20N2O2/c1-14(2,9-17)16-13(18)11-4-3-10-5-6-15-8-12(10)7-11/h3-4,7,15,17H,5-6,8-9H2,1-2H3,(H,16,18). The second-order valence-corrected chi connectivity index (χ2v) is 5.41. The number of amides is 1. The minimum absolute atomic E-state index is 0.0781. The summed E-state index contributed by atoms with van der Waals surface area (Å²) >= 11 is 0. The minimum Gasteiger partial charge on any atom is -0.394 e. The molecule has 0 unspecified atom stereocenters. The molecule has 2 rings (SSSR count). The predicted molar refractivity (Wildman–Crippen MR) is 70.5 cm³/mol. The molecule has 0 radical (unpaired) electrons. The number of benzene rings is 1. The maximum absolute atomic E-state index is 12.1. The van der Waals surface area contributed by atoms with Gasteiger partial charge in [0.15, 0.2) is 0 Å². The lowest BCUT2D eigenvalue weighted by Crippen LogP contribution is -2.46. The van der Waals surface area contributed by atoms with Crippen LogP contribution in [0.15, 0.2) is 18.2 Å². The first-order valence-electron chi connectivity index (χ1n) is 6.28. The van der Waals surface area contributed by atoms with Crippen molar-refractivity contribution in [1.82, 2.24) is 10.6 Å². The molecule has 0 aliphatic carbocycles. The van der Waals surface area contributed by atoms with E-state index in [1.54, 1.807) is 13.8 Å². The monoisotopic (exact) mass is 248 g/mol. The average molecular weight is 248 g/mol. The van der Waals surface area contributed by atoms with Crippen LogP contribution in [-0.2, 0) is 13.0 Å². The highest BCUT2D eigenvalue weighted by Crippen LogP contribution is 2.16. The predicted octanol–water partition coefficient (Wildman–Crippen LogP) is 0.833. The zero-order chi connectivity index (χ0) is 13.2. The van der Waals surface area contributed by atoms with E-state index in [0.717, 1.165) is 19.5 Å². The summed E-state index contributed by atoms with van der Waals surface area (Å²) in [5, 5.41) is 15.3. The minimum atomic E-state index is -0.592. The summed E-state index contributed by atoms with van der Waals surface area (Å²) in [6.45, 7) is 5.33. The molecule has 4 nitrogen and oxygen atoms in total. The fraction of sp³-hybridized carbons (Fsp3) is 0.500. The smallest absolute Gasteiger partial charge is 0.251 e. The number of carbonyl (C=O) groups is 1. The summed E-state index contributed by atoms with van der Waals surface area (Å²) in [7, 11) is 0. The van der Waals surface area contributed by atoms with Gasteiger partial charge in [-0.2, -0.15) is 0 Å². The summed E-state index contributed by atoms with van der Waals surface area (Å²) in [4.78, 5) is 12.1. The molecule has 0 spiro atoms. The van der Waals surface area contributed by atoms with Crippen molar-refractivity contribution in [2.75, 3.05) is 13.2 Å². The van der Waals surface area contributed by atoms with Gasteiger partial charge in [-0.15, -0.1) is 0 Å². The van der Waals surface area contributed by atoms with E-state index in [4.69, 9.17) is 5.11 Å². The summed E-state index contributed by atoms with van der Waals surface area (Å²) in [5.74, 6) is -0.137. The Morgan fingerprint density at radius 3 is 2.94 bits per heavy atom. The van der Waals surface area contributed by atoms with E-state index in [-0.39, 0.29) is 12.5 Å². The van der Waals surface area contributed by atoms with Gasteiger partial charge in [-0.1, -0.05) is 6.07 Å². The van der Waals surface area contributed by atoms with E-state index < -0.39 is 5.54 Å². The normalized spacial score (nSPS) is 15.1. The van der Waals surface area contributed by atoms with Crippen molar-refractivity contribution in [1.29, 1.82) is 0 Å². The second kappa shape index (κ2) is 5.08. The van der Waals surface area contributed by atoms with Crippen LogP contribution >= 0.6 is 0 Å². The summed E-state index contributed by atoms with van der Waals surface area (Å²) in [6, 6.07) is 5.81. The molecule has 1 aromatic rings. The van der Waals surface area contributed by atoms with E-state index in [9.17, 15) is 4.79 Å². The van der Waals surface area contributed by atoms with Crippen molar-refractivity contribution >= 4 is 5.91 Å². The van der Waals surface area contributed by atoms with Gasteiger partial charge in [-0.05, 0) is 50.1 Å². The van der Waals surface area contributed by atoms with E-state index >= 15 is 0 Å². The van der Waals surface area contributed by atoms with E-state index in [1.807, 2.05) is 18.2 Å². The third-order valence-corrected chi connectivity index (χ3v) is 3.20. The molecule has 0 atom stereocenters. The number of nitrogens with one attached hydrogen (secondary N) is 2. The molecule has 1 amide bonds. The molecule has 1 aliphatic heterocycles. The van der Waals surface area contributed by atoms with Gasteiger partial charge < -0.3 is 15.7 Å². The van der Waals surface area contributed by atoms with Gasteiger partial charge in [-0.3, -0.25) is 4.79 Å². The lowest BCUT2D eigenvalue weighted by molar-refractivity contribution is 0.0869. The molecule has 98 valence electrons. The van der Waals surface area contributed by atoms with Crippen molar-refractivity contribution in [3.63, 3.8) is 0 Å². The molecule has 3 N–H and O–H groups in total. The summed E-state index contributed by atoms with van der Waals surface area (Å²) in [6.07, 6.45) is 1.01. The van der Waals surface area contributed by atoms with Crippen LogP contribution in [0.1, 0.15) is 35.3 Å². The van der Waals surface area contributed by atoms with Crippen molar-refractivity contribution in [2.24, 2.45) is 0 Å². The number of hydrogen-bond donors (Lipinski definition) is 3. The quantitative estimate of drug-likeness (QED) is 0.742. The Morgan fingerprint density at radius 2 is 2.22 bits per heavy atom. The molecule has 1 aliphatic rings. The van der Waals surface area contributed by atoms with Gasteiger partial charge in [-0.25, -0.2) is 0 Å². The van der Waals surface area contributed by atoms with Crippen LogP contribution in [0.2, 0.25) is 0 Å². The van der Waals surface area contributed by atoms with Gasteiger partial charge in [0.1, 0.15) is 0 Å². The highest BCUT2D eigenvalue weighted by molar-refractivity contribution is 5.95. The van der Waals surface area contributed by atoms with Crippen LogP contribution in [0.4, 0.5) is 0 Å². The molecule has 0 saturated heterocycles. The SMILES string of the molecule is CC(C)(CO)NC(=O)c1ccc2c(c1)CNCC2. The number of carbonyl (C=O) groups excluding carboxylic acids is 1. The molecular formula is C14H20N2O2. The fourth-order valence-electron chi connectivity index (χ4n) is 2.04. The van der Waals surface area contributed by atoms with Gasteiger partial charge in [0.2, 0.25) is 0 Å². The second-order valence-electron chi connectivity index (χ2n) is 5.41. The number of hydrogen-bond acceptors (Lipinski definition) is 3. The van der Waals surface area contributed by atoms with Gasteiger partial charge in [0, 0.05) is 12.1 Å². The third kappa shape index (κ3) is 2.89. The first-order chi connectivity index (χ1) is 8.52. The third-order valence-electron chi connectivity index (χ3n) is 3.20. The van der Waals surface area contributed by atoms with Crippen LogP contribution in [0.5, 0.6) is 0 Å². The Kier molecular flexibility index (Phi) is 3.68. The van der Waals surface area contributed by atoms with E-state index in [2.05, 4.69) is 10.6 Å². The molecule has 0 aromatic heterocycles. The van der Waals surface area contributed by atoms with Crippen LogP contribution in [0, 0.1) is 0 Å². The molecule has 1 heterocycles. The van der Waals surface area contributed by atoms with Gasteiger partial charge in [0.25, 0.3) is 5.91 Å². The van der Waals surface area contributed by atoms with E-state index in [0.29, 0.717) is 5.56 Å². The van der Waals surface area contributed by atoms with Crippen LogP contribution in [0.25, 0.3) is 0 Å². The first-order valence-corrected chi connectivity index (χ1v) is 6.28. The first kappa shape index (κ1) is 13.1. The van der Waals surface area contributed by atoms with Crippen molar-refractivity contribution < 1.29 is 9.90 Å².